The second kappa shape index (κ2) is 5.25. The Labute approximate surface area is 117 Å². The molecule has 1 N–H and O–H groups in total. The molecule has 2 unspecified atom stereocenters. The molecular formula is C14H18N4S. The topological polar surface area (TPSA) is 42.7 Å². The van der Waals surface area contributed by atoms with Crippen LogP contribution in [0, 0.1) is 0 Å². The summed E-state index contributed by atoms with van der Waals surface area (Å²) in [6, 6.07) is 10.9. The zero-order valence-electron chi connectivity index (χ0n) is 11.2. The van der Waals surface area contributed by atoms with Gasteiger partial charge >= 0.3 is 0 Å². The molecule has 100 valence electrons. The summed E-state index contributed by atoms with van der Waals surface area (Å²) in [5.41, 5.74) is 4.80. The number of nitrogens with one attached hydrogen (secondary N) is 1. The molecule has 0 bridgehead atoms. The molecule has 1 aliphatic heterocycles. The van der Waals surface area contributed by atoms with Gasteiger partial charge in [0.15, 0.2) is 5.82 Å². The molecule has 3 rings (SSSR count). The number of hydrogen-bond acceptors (Lipinski definition) is 4. The van der Waals surface area contributed by atoms with Crippen molar-refractivity contribution in [2.24, 2.45) is 0 Å². The van der Waals surface area contributed by atoms with E-state index in [0.717, 1.165) is 23.8 Å². The van der Waals surface area contributed by atoms with Crippen LogP contribution in [0.5, 0.6) is 0 Å². The van der Waals surface area contributed by atoms with Crippen molar-refractivity contribution in [1.29, 1.82) is 0 Å². The Hall–Kier alpha value is -1.49. The lowest BCUT2D eigenvalue weighted by atomic mass is 10.1. The molecule has 0 aliphatic carbocycles. The molecule has 0 saturated carbocycles. The van der Waals surface area contributed by atoms with Gasteiger partial charge in [-0.3, -0.25) is 0 Å². The average Bonchev–Trinajstić information content (AvgIpc) is 2.80. The maximum absolute atomic E-state index is 4.31. The second-order valence-corrected chi connectivity index (χ2v) is 6.30. The molecule has 0 fully saturated rings. The number of thioether (sulfide) groups is 1. The van der Waals surface area contributed by atoms with Gasteiger partial charge in [0.1, 0.15) is 0 Å². The van der Waals surface area contributed by atoms with Gasteiger partial charge in [0, 0.05) is 11.7 Å². The predicted molar refractivity (Wildman–Crippen MR) is 78.0 cm³/mol. The normalized spacial score (nSPS) is 21.8. The summed E-state index contributed by atoms with van der Waals surface area (Å²) in [5, 5.41) is 10.1. The molecule has 2 heterocycles. The van der Waals surface area contributed by atoms with E-state index in [2.05, 4.69) is 58.4 Å². The quantitative estimate of drug-likeness (QED) is 0.934. The van der Waals surface area contributed by atoms with Crippen LogP contribution in [0.1, 0.15) is 25.2 Å². The Balaban J connectivity index is 1.73. The molecule has 0 radical (unpaired) electrons. The van der Waals surface area contributed by atoms with Crippen molar-refractivity contribution >= 4 is 11.8 Å². The standard InChI is InChI=1S/C14H18N4S/c1-10-11(2)19-14-16-15-13(18(14)17-10)9-8-12-6-4-3-5-7-12/h3-7,10-11,17H,8-9H2,1-2H3. The van der Waals surface area contributed by atoms with Gasteiger partial charge in [-0.2, -0.15) is 0 Å². The van der Waals surface area contributed by atoms with E-state index in [1.165, 1.54) is 5.56 Å². The molecule has 19 heavy (non-hydrogen) atoms. The molecule has 1 aromatic carbocycles. The highest BCUT2D eigenvalue weighted by Crippen LogP contribution is 2.28. The van der Waals surface area contributed by atoms with Crippen LogP contribution in [0.25, 0.3) is 0 Å². The fourth-order valence-corrected chi connectivity index (χ4v) is 3.09. The molecule has 2 aromatic rings. The van der Waals surface area contributed by atoms with Gasteiger partial charge < -0.3 is 5.43 Å². The van der Waals surface area contributed by atoms with E-state index in [4.69, 9.17) is 0 Å². The highest BCUT2D eigenvalue weighted by molar-refractivity contribution is 7.99. The number of hydrogen-bond donors (Lipinski definition) is 1. The van der Waals surface area contributed by atoms with E-state index in [1.54, 1.807) is 11.8 Å². The summed E-state index contributed by atoms with van der Waals surface area (Å²) >= 11 is 1.79. The molecule has 4 nitrogen and oxygen atoms in total. The molecule has 1 aromatic heterocycles. The molecule has 0 spiro atoms. The van der Waals surface area contributed by atoms with Crippen LogP contribution in [0.15, 0.2) is 35.5 Å². The van der Waals surface area contributed by atoms with Gasteiger partial charge in [-0.05, 0) is 18.9 Å². The molecule has 0 amide bonds. The highest BCUT2D eigenvalue weighted by atomic mass is 32.2. The lowest BCUT2D eigenvalue weighted by Gasteiger charge is -2.28. The minimum absolute atomic E-state index is 0.434. The minimum Gasteiger partial charge on any atom is -0.318 e. The summed E-state index contributed by atoms with van der Waals surface area (Å²) in [4.78, 5) is 0. The summed E-state index contributed by atoms with van der Waals surface area (Å²) in [7, 11) is 0. The van der Waals surface area contributed by atoms with E-state index in [-0.39, 0.29) is 0 Å². The van der Waals surface area contributed by atoms with Crippen LogP contribution in [-0.4, -0.2) is 26.2 Å². The largest absolute Gasteiger partial charge is 0.318 e. The first-order chi connectivity index (χ1) is 9.24. The fraction of sp³-hybridized carbons (Fsp3) is 0.429. The Morgan fingerprint density at radius 2 is 1.95 bits per heavy atom. The van der Waals surface area contributed by atoms with Crippen molar-refractivity contribution < 1.29 is 0 Å². The fourth-order valence-electron chi connectivity index (χ4n) is 2.15. The van der Waals surface area contributed by atoms with Gasteiger partial charge in [0.2, 0.25) is 5.16 Å². The number of aryl methyl sites for hydroxylation is 2. The maximum atomic E-state index is 4.31. The van der Waals surface area contributed by atoms with Crippen molar-refractivity contribution in [3.63, 3.8) is 0 Å². The molecular weight excluding hydrogens is 256 g/mol. The summed E-state index contributed by atoms with van der Waals surface area (Å²) < 4.78 is 2.05. The number of rotatable bonds is 3. The zero-order chi connectivity index (χ0) is 13.2. The molecule has 0 saturated heterocycles. The van der Waals surface area contributed by atoms with E-state index in [0.29, 0.717) is 11.3 Å². The second-order valence-electron chi connectivity index (χ2n) is 4.96. The number of benzene rings is 1. The van der Waals surface area contributed by atoms with Crippen LogP contribution in [-0.2, 0) is 12.8 Å². The minimum atomic E-state index is 0.434. The van der Waals surface area contributed by atoms with Crippen molar-refractivity contribution in [2.45, 2.75) is 43.1 Å². The number of fused-ring (bicyclic) bond motifs is 1. The van der Waals surface area contributed by atoms with Gasteiger partial charge in [-0.25, -0.2) is 4.68 Å². The van der Waals surface area contributed by atoms with Crippen molar-refractivity contribution in [2.75, 3.05) is 5.43 Å². The van der Waals surface area contributed by atoms with Crippen LogP contribution < -0.4 is 5.43 Å². The Kier molecular flexibility index (Phi) is 3.46. The average molecular weight is 274 g/mol. The van der Waals surface area contributed by atoms with Gasteiger partial charge in [0.25, 0.3) is 0 Å². The first-order valence-electron chi connectivity index (χ1n) is 6.65. The van der Waals surface area contributed by atoms with Crippen LogP contribution in [0.4, 0.5) is 0 Å². The van der Waals surface area contributed by atoms with Gasteiger partial charge in [-0.1, -0.05) is 49.0 Å². The Bertz CT molecular complexity index is 552. The van der Waals surface area contributed by atoms with E-state index >= 15 is 0 Å². The number of aromatic nitrogens is 3. The molecule has 2 atom stereocenters. The van der Waals surface area contributed by atoms with E-state index in [1.807, 2.05) is 6.07 Å². The molecule has 1 aliphatic rings. The highest BCUT2D eigenvalue weighted by Gasteiger charge is 2.25. The monoisotopic (exact) mass is 274 g/mol. The van der Waals surface area contributed by atoms with Gasteiger partial charge in [-0.15, -0.1) is 10.2 Å². The summed E-state index contributed by atoms with van der Waals surface area (Å²) in [6.07, 6.45) is 1.90. The molecule has 5 heteroatoms. The first kappa shape index (κ1) is 12.5. The number of nitrogens with zero attached hydrogens (tertiary/aromatic N) is 3. The summed E-state index contributed by atoms with van der Waals surface area (Å²) in [6.45, 7) is 4.41. The van der Waals surface area contributed by atoms with E-state index < -0.39 is 0 Å². The lowest BCUT2D eigenvalue weighted by molar-refractivity contribution is 0.594. The Morgan fingerprint density at radius 3 is 2.74 bits per heavy atom. The smallest absolute Gasteiger partial charge is 0.210 e. The van der Waals surface area contributed by atoms with Crippen molar-refractivity contribution in [1.82, 2.24) is 14.9 Å². The first-order valence-corrected chi connectivity index (χ1v) is 7.53. The van der Waals surface area contributed by atoms with Crippen LogP contribution in [0.2, 0.25) is 0 Å². The summed E-state index contributed by atoms with van der Waals surface area (Å²) in [5.74, 6) is 1.02. The van der Waals surface area contributed by atoms with E-state index in [9.17, 15) is 0 Å². The third-order valence-electron chi connectivity index (χ3n) is 3.51. The zero-order valence-corrected chi connectivity index (χ0v) is 12.0. The predicted octanol–water partition coefficient (Wildman–Crippen LogP) is 2.49. The van der Waals surface area contributed by atoms with Gasteiger partial charge in [0.05, 0.1) is 6.04 Å². The van der Waals surface area contributed by atoms with Crippen molar-refractivity contribution in [3.05, 3.63) is 41.7 Å². The van der Waals surface area contributed by atoms with Crippen LogP contribution in [0.3, 0.4) is 0 Å². The Morgan fingerprint density at radius 1 is 1.16 bits per heavy atom. The third kappa shape index (κ3) is 2.61. The lowest BCUT2D eigenvalue weighted by Crippen LogP contribution is -2.38. The van der Waals surface area contributed by atoms with Crippen LogP contribution >= 0.6 is 11.8 Å². The van der Waals surface area contributed by atoms with Crippen molar-refractivity contribution in [3.8, 4) is 0 Å². The SMILES string of the molecule is CC1Nn2c(CCc3ccccc3)nnc2SC1C. The maximum Gasteiger partial charge on any atom is 0.210 e. The third-order valence-corrected chi connectivity index (χ3v) is 4.76.